The molecule has 0 unspecified atom stereocenters. The summed E-state index contributed by atoms with van der Waals surface area (Å²) < 4.78 is 5.97. The number of hydrogen-bond donors (Lipinski definition) is 2. The molecule has 3 heterocycles. The molecule has 1 aromatic heterocycles. The van der Waals surface area contributed by atoms with Crippen LogP contribution in [0.15, 0.2) is 47.8 Å². The van der Waals surface area contributed by atoms with E-state index in [4.69, 9.17) is 4.74 Å². The van der Waals surface area contributed by atoms with Crippen LogP contribution in [0.1, 0.15) is 56.0 Å². The number of fused-ring (bicyclic) bond motifs is 1. The van der Waals surface area contributed by atoms with Gasteiger partial charge in [0.25, 0.3) is 11.8 Å². The van der Waals surface area contributed by atoms with Gasteiger partial charge < -0.3 is 29.6 Å². The number of phenols is 2. The highest BCUT2D eigenvalue weighted by atomic mass is 32.1. The standard InChI is InChI=1S/C29H33N3O5S/c1-30(19-23-6-4-13-38-23)28(35)24-15-25(27(34)16-26(24)33)29(36)32-17-20-7-8-22(14-21(20)18-32)37-12-5-11-31-9-2-3-10-31/h4,6-8,13-16,33-34H,2-3,5,9-12,17-19H2,1H3. The van der Waals surface area contributed by atoms with E-state index in [1.807, 2.05) is 35.7 Å². The molecule has 1 saturated heterocycles. The lowest BCUT2D eigenvalue weighted by molar-refractivity contribution is 0.0748. The molecule has 5 rings (SSSR count). The van der Waals surface area contributed by atoms with Gasteiger partial charge in [0.15, 0.2) is 0 Å². The van der Waals surface area contributed by atoms with Crippen LogP contribution in [0, 0.1) is 0 Å². The van der Waals surface area contributed by atoms with Gasteiger partial charge in [-0.25, -0.2) is 0 Å². The average Bonchev–Trinajstić information content (AvgIpc) is 3.68. The lowest BCUT2D eigenvalue weighted by atomic mass is 10.1. The molecule has 0 aliphatic carbocycles. The molecule has 9 heteroatoms. The second-order valence-corrected chi connectivity index (χ2v) is 11.0. The van der Waals surface area contributed by atoms with Gasteiger partial charge in [-0.05, 0) is 73.1 Å². The molecule has 3 aromatic rings. The first kappa shape index (κ1) is 26.1. The summed E-state index contributed by atoms with van der Waals surface area (Å²) >= 11 is 1.53. The van der Waals surface area contributed by atoms with Gasteiger partial charge in [-0.3, -0.25) is 9.59 Å². The predicted octanol–water partition coefficient (Wildman–Crippen LogP) is 4.45. The van der Waals surface area contributed by atoms with Crippen LogP contribution in [0.4, 0.5) is 0 Å². The molecule has 2 aromatic carbocycles. The number of carbonyl (C=O) groups excluding carboxylic acids is 2. The van der Waals surface area contributed by atoms with E-state index in [1.54, 1.807) is 11.9 Å². The second-order valence-electron chi connectivity index (χ2n) is 9.97. The molecule has 2 amide bonds. The van der Waals surface area contributed by atoms with Crippen molar-refractivity contribution in [2.45, 2.75) is 38.9 Å². The largest absolute Gasteiger partial charge is 0.507 e. The Hall–Kier alpha value is -3.56. The van der Waals surface area contributed by atoms with E-state index < -0.39 is 11.8 Å². The molecule has 0 radical (unpaired) electrons. The van der Waals surface area contributed by atoms with Crippen LogP contribution in [0.25, 0.3) is 0 Å². The van der Waals surface area contributed by atoms with E-state index in [0.717, 1.165) is 40.8 Å². The maximum Gasteiger partial charge on any atom is 0.258 e. The SMILES string of the molecule is CN(Cc1cccs1)C(=O)c1cc(C(=O)N2Cc3ccc(OCCCN4CCCC4)cc3C2)c(O)cc1O. The highest BCUT2D eigenvalue weighted by molar-refractivity contribution is 7.09. The van der Waals surface area contributed by atoms with Crippen molar-refractivity contribution < 1.29 is 24.5 Å². The third-order valence-corrected chi connectivity index (χ3v) is 8.03. The summed E-state index contributed by atoms with van der Waals surface area (Å²) in [6.07, 6.45) is 3.55. The third-order valence-electron chi connectivity index (χ3n) is 7.17. The molecule has 0 atom stereocenters. The molecule has 200 valence electrons. The van der Waals surface area contributed by atoms with Gasteiger partial charge in [-0.2, -0.15) is 0 Å². The normalized spacial score (nSPS) is 15.0. The molecule has 0 spiro atoms. The number of thiophene rings is 1. The quantitative estimate of drug-likeness (QED) is 0.393. The van der Waals surface area contributed by atoms with E-state index in [0.29, 0.717) is 26.2 Å². The van der Waals surface area contributed by atoms with Gasteiger partial charge in [0, 0.05) is 37.6 Å². The minimum Gasteiger partial charge on any atom is -0.507 e. The fourth-order valence-corrected chi connectivity index (χ4v) is 5.85. The maximum absolute atomic E-state index is 13.4. The molecular weight excluding hydrogens is 502 g/mol. The van der Waals surface area contributed by atoms with Crippen molar-refractivity contribution in [1.29, 1.82) is 0 Å². The summed E-state index contributed by atoms with van der Waals surface area (Å²) in [5.41, 5.74) is 1.99. The minimum absolute atomic E-state index is 0.0122. The van der Waals surface area contributed by atoms with Crippen molar-refractivity contribution >= 4 is 23.2 Å². The Bertz CT molecular complexity index is 1300. The Labute approximate surface area is 226 Å². The highest BCUT2D eigenvalue weighted by Crippen LogP contribution is 2.33. The number of carbonyl (C=O) groups is 2. The summed E-state index contributed by atoms with van der Waals surface area (Å²) in [6.45, 7) is 5.22. The fraction of sp³-hybridized carbons (Fsp3) is 0.379. The molecular formula is C29H33N3O5S. The molecule has 8 nitrogen and oxygen atoms in total. The second kappa shape index (κ2) is 11.4. The number of benzene rings is 2. The van der Waals surface area contributed by atoms with Crippen LogP contribution >= 0.6 is 11.3 Å². The first-order chi connectivity index (χ1) is 18.4. The van der Waals surface area contributed by atoms with Crippen molar-refractivity contribution in [2.24, 2.45) is 0 Å². The Balaban J connectivity index is 1.23. The van der Waals surface area contributed by atoms with Crippen LogP contribution in [-0.2, 0) is 19.6 Å². The summed E-state index contributed by atoms with van der Waals surface area (Å²) in [5.74, 6) is -0.766. The van der Waals surface area contributed by atoms with Crippen LogP contribution in [0.3, 0.4) is 0 Å². The van der Waals surface area contributed by atoms with E-state index in [2.05, 4.69) is 4.90 Å². The van der Waals surface area contributed by atoms with Crippen molar-refractivity contribution in [3.63, 3.8) is 0 Å². The van der Waals surface area contributed by atoms with E-state index in [9.17, 15) is 19.8 Å². The summed E-state index contributed by atoms with van der Waals surface area (Å²) in [6, 6.07) is 12.1. The lowest BCUT2D eigenvalue weighted by Gasteiger charge is -2.20. The van der Waals surface area contributed by atoms with Crippen LogP contribution < -0.4 is 4.74 Å². The number of aromatic hydroxyl groups is 2. The van der Waals surface area contributed by atoms with E-state index in [1.165, 1.54) is 48.2 Å². The van der Waals surface area contributed by atoms with Crippen molar-refractivity contribution in [1.82, 2.24) is 14.7 Å². The number of likely N-dealkylation sites (tertiary alicyclic amines) is 1. The number of amides is 2. The topological polar surface area (TPSA) is 93.6 Å². The fourth-order valence-electron chi connectivity index (χ4n) is 5.09. The van der Waals surface area contributed by atoms with Crippen LogP contribution in [-0.4, -0.2) is 70.0 Å². The minimum atomic E-state index is -0.429. The zero-order valence-corrected chi connectivity index (χ0v) is 22.4. The summed E-state index contributed by atoms with van der Waals surface area (Å²) in [7, 11) is 1.64. The first-order valence-corrected chi connectivity index (χ1v) is 13.9. The van der Waals surface area contributed by atoms with E-state index >= 15 is 0 Å². The zero-order valence-electron chi connectivity index (χ0n) is 21.6. The Kier molecular flexibility index (Phi) is 7.85. The summed E-state index contributed by atoms with van der Waals surface area (Å²) in [5, 5.41) is 22.8. The Morgan fingerprint density at radius 3 is 2.53 bits per heavy atom. The third kappa shape index (κ3) is 5.79. The van der Waals surface area contributed by atoms with Crippen molar-refractivity contribution in [2.75, 3.05) is 33.3 Å². The number of hydrogen-bond acceptors (Lipinski definition) is 7. The summed E-state index contributed by atoms with van der Waals surface area (Å²) in [4.78, 5) is 33.0. The van der Waals surface area contributed by atoms with Gasteiger partial charge in [-0.1, -0.05) is 12.1 Å². The van der Waals surface area contributed by atoms with Gasteiger partial charge >= 0.3 is 0 Å². The number of nitrogens with zero attached hydrogens (tertiary/aromatic N) is 3. The van der Waals surface area contributed by atoms with E-state index in [-0.39, 0.29) is 22.6 Å². The molecule has 0 bridgehead atoms. The monoisotopic (exact) mass is 535 g/mol. The van der Waals surface area contributed by atoms with Gasteiger partial charge in [0.1, 0.15) is 17.2 Å². The molecule has 38 heavy (non-hydrogen) atoms. The predicted molar refractivity (Wildman–Crippen MR) is 146 cm³/mol. The number of ether oxygens (including phenoxy) is 1. The van der Waals surface area contributed by atoms with Gasteiger partial charge in [0.05, 0.1) is 24.3 Å². The van der Waals surface area contributed by atoms with Crippen molar-refractivity contribution in [3.05, 3.63) is 75.0 Å². The van der Waals surface area contributed by atoms with Gasteiger partial charge in [0.2, 0.25) is 0 Å². The Morgan fingerprint density at radius 2 is 1.76 bits per heavy atom. The molecule has 2 aliphatic heterocycles. The molecule has 1 fully saturated rings. The maximum atomic E-state index is 13.4. The van der Waals surface area contributed by atoms with Gasteiger partial charge in [-0.15, -0.1) is 11.3 Å². The van der Waals surface area contributed by atoms with Crippen LogP contribution in [0.2, 0.25) is 0 Å². The first-order valence-electron chi connectivity index (χ1n) is 13.0. The number of phenolic OH excluding ortho intramolecular Hbond substituents is 2. The molecule has 0 saturated carbocycles. The molecule has 2 aliphatic rings. The van der Waals surface area contributed by atoms with Crippen molar-refractivity contribution in [3.8, 4) is 17.2 Å². The zero-order chi connectivity index (χ0) is 26.6. The highest BCUT2D eigenvalue weighted by Gasteiger charge is 2.29. The lowest BCUT2D eigenvalue weighted by Crippen LogP contribution is -2.28. The average molecular weight is 536 g/mol. The Morgan fingerprint density at radius 1 is 1.00 bits per heavy atom. The van der Waals surface area contributed by atoms with Crippen LogP contribution in [0.5, 0.6) is 17.2 Å². The number of rotatable bonds is 9. The molecule has 2 N–H and O–H groups in total. The smallest absolute Gasteiger partial charge is 0.258 e.